The summed E-state index contributed by atoms with van der Waals surface area (Å²) in [7, 11) is 1.30. The Labute approximate surface area is 171 Å². The lowest BCUT2D eigenvalue weighted by molar-refractivity contribution is 0.0600. The van der Waals surface area contributed by atoms with E-state index in [1.165, 1.54) is 22.4 Å². The third kappa shape index (κ3) is 3.18. The molecule has 1 atom stereocenters. The van der Waals surface area contributed by atoms with Crippen LogP contribution in [0.1, 0.15) is 28.9 Å². The number of carbonyl (C=O) groups is 1. The first kappa shape index (κ1) is 19.3. The van der Waals surface area contributed by atoms with E-state index in [1.807, 2.05) is 6.07 Å². The van der Waals surface area contributed by atoms with Gasteiger partial charge in [-0.15, -0.1) is 0 Å². The molecule has 8 heteroatoms. The molecule has 4 rings (SSSR count). The number of fused-ring (bicyclic) bond motifs is 1. The van der Waals surface area contributed by atoms with E-state index in [4.69, 9.17) is 4.74 Å². The Hall–Kier alpha value is -4.07. The molecule has 0 saturated heterocycles. The Kier molecular flexibility index (Phi) is 4.97. The van der Waals surface area contributed by atoms with E-state index in [1.54, 1.807) is 61.8 Å². The van der Waals surface area contributed by atoms with Crippen LogP contribution in [-0.2, 0) is 4.74 Å². The third-order valence-corrected chi connectivity index (χ3v) is 4.95. The summed E-state index contributed by atoms with van der Waals surface area (Å²) in [5.74, 6) is -0.480. The molecule has 3 aromatic heterocycles. The fraction of sp³-hybridized carbons (Fsp3) is 0.136. The van der Waals surface area contributed by atoms with Crippen molar-refractivity contribution in [2.24, 2.45) is 0 Å². The third-order valence-electron chi connectivity index (χ3n) is 4.95. The average Bonchev–Trinajstić information content (AvgIpc) is 2.79. The van der Waals surface area contributed by atoms with Gasteiger partial charge in [0.15, 0.2) is 5.65 Å². The lowest BCUT2D eigenvalue weighted by Gasteiger charge is -2.18. The van der Waals surface area contributed by atoms with E-state index in [0.29, 0.717) is 16.6 Å². The van der Waals surface area contributed by atoms with Crippen molar-refractivity contribution in [1.82, 2.24) is 19.1 Å². The van der Waals surface area contributed by atoms with Gasteiger partial charge in [0.1, 0.15) is 0 Å². The maximum absolute atomic E-state index is 13.5. The molecule has 150 valence electrons. The molecule has 0 aliphatic heterocycles. The van der Waals surface area contributed by atoms with Crippen LogP contribution in [0.2, 0.25) is 0 Å². The molecular formula is C22H18N4O4. The number of hydrogen-bond acceptors (Lipinski definition) is 6. The molecule has 4 aromatic rings. The highest BCUT2D eigenvalue weighted by Gasteiger charge is 2.20. The van der Waals surface area contributed by atoms with E-state index in [9.17, 15) is 14.4 Å². The van der Waals surface area contributed by atoms with Gasteiger partial charge in [-0.3, -0.25) is 14.3 Å². The predicted molar refractivity (Wildman–Crippen MR) is 111 cm³/mol. The molecule has 3 heterocycles. The van der Waals surface area contributed by atoms with Gasteiger partial charge in [-0.1, -0.05) is 6.07 Å². The highest BCUT2D eigenvalue weighted by molar-refractivity contribution is 5.89. The molecule has 0 amide bonds. The minimum Gasteiger partial charge on any atom is -0.465 e. The first-order valence-electron chi connectivity index (χ1n) is 9.24. The monoisotopic (exact) mass is 402 g/mol. The van der Waals surface area contributed by atoms with Gasteiger partial charge in [-0.05, 0) is 55.0 Å². The Morgan fingerprint density at radius 3 is 2.43 bits per heavy atom. The van der Waals surface area contributed by atoms with Gasteiger partial charge < -0.3 is 4.74 Å². The van der Waals surface area contributed by atoms with Gasteiger partial charge in [0.2, 0.25) is 0 Å². The first-order chi connectivity index (χ1) is 14.5. The summed E-state index contributed by atoms with van der Waals surface area (Å²) >= 11 is 0. The second-order valence-corrected chi connectivity index (χ2v) is 6.67. The van der Waals surface area contributed by atoms with E-state index >= 15 is 0 Å². The van der Waals surface area contributed by atoms with Gasteiger partial charge in [-0.2, -0.15) is 0 Å². The zero-order chi connectivity index (χ0) is 21.3. The fourth-order valence-electron chi connectivity index (χ4n) is 3.37. The van der Waals surface area contributed by atoms with Gasteiger partial charge >= 0.3 is 11.7 Å². The maximum atomic E-state index is 13.5. The Morgan fingerprint density at radius 1 is 1.03 bits per heavy atom. The average molecular weight is 402 g/mol. The summed E-state index contributed by atoms with van der Waals surface area (Å²) in [5.41, 5.74) is 0.836. The predicted octanol–water partition coefficient (Wildman–Crippen LogP) is 2.34. The number of carbonyl (C=O) groups excluding carboxylic acids is 1. The number of methoxy groups -OCH3 is 1. The number of aromatic nitrogens is 4. The maximum Gasteiger partial charge on any atom is 0.337 e. The topological polar surface area (TPSA) is 96.1 Å². The van der Waals surface area contributed by atoms with E-state index in [-0.39, 0.29) is 5.65 Å². The minimum absolute atomic E-state index is 0.243. The zero-order valence-corrected chi connectivity index (χ0v) is 16.4. The molecule has 0 saturated carbocycles. The standard InChI is InChI=1S/C22H18N4O4/c1-14(16-5-3-11-23-13-16)25-20(27)18-6-4-12-24-19(18)26(22(25)29)17-9-7-15(8-10-17)21(28)30-2/h3-14H,1-2H3. The lowest BCUT2D eigenvalue weighted by atomic mass is 10.1. The Morgan fingerprint density at radius 2 is 1.77 bits per heavy atom. The summed E-state index contributed by atoms with van der Waals surface area (Å²) in [6.07, 6.45) is 4.78. The van der Waals surface area contributed by atoms with Crippen molar-refractivity contribution in [3.05, 3.63) is 99.1 Å². The number of esters is 1. The van der Waals surface area contributed by atoms with Crippen LogP contribution in [0.4, 0.5) is 0 Å². The summed E-state index contributed by atoms with van der Waals surface area (Å²) in [5, 5.41) is 0.310. The van der Waals surface area contributed by atoms with Crippen molar-refractivity contribution in [2.75, 3.05) is 7.11 Å². The summed E-state index contributed by atoms with van der Waals surface area (Å²) in [6.45, 7) is 1.77. The minimum atomic E-state index is -0.538. The van der Waals surface area contributed by atoms with E-state index in [2.05, 4.69) is 9.97 Å². The van der Waals surface area contributed by atoms with Crippen LogP contribution in [0.3, 0.4) is 0 Å². The molecule has 1 unspecified atom stereocenters. The normalized spacial score (nSPS) is 11.9. The van der Waals surface area contributed by atoms with Crippen LogP contribution in [0.5, 0.6) is 0 Å². The molecule has 0 aliphatic rings. The van der Waals surface area contributed by atoms with Crippen LogP contribution in [0.25, 0.3) is 16.7 Å². The van der Waals surface area contributed by atoms with Crippen LogP contribution >= 0.6 is 0 Å². The quantitative estimate of drug-likeness (QED) is 0.486. The zero-order valence-electron chi connectivity index (χ0n) is 16.4. The first-order valence-corrected chi connectivity index (χ1v) is 9.24. The summed E-state index contributed by atoms with van der Waals surface area (Å²) < 4.78 is 7.28. The van der Waals surface area contributed by atoms with Gasteiger partial charge in [0, 0.05) is 18.6 Å². The van der Waals surface area contributed by atoms with Crippen molar-refractivity contribution in [2.45, 2.75) is 13.0 Å². The highest BCUT2D eigenvalue weighted by atomic mass is 16.5. The molecule has 0 aliphatic carbocycles. The molecule has 0 bridgehead atoms. The molecule has 0 N–H and O–H groups in total. The molecule has 0 spiro atoms. The van der Waals surface area contributed by atoms with Gasteiger partial charge in [0.05, 0.1) is 29.8 Å². The molecule has 8 nitrogen and oxygen atoms in total. The number of rotatable bonds is 4. The van der Waals surface area contributed by atoms with Crippen LogP contribution in [0, 0.1) is 0 Å². The second-order valence-electron chi connectivity index (χ2n) is 6.67. The van der Waals surface area contributed by atoms with Crippen molar-refractivity contribution in [1.29, 1.82) is 0 Å². The lowest BCUT2D eigenvalue weighted by Crippen LogP contribution is -2.41. The Bertz CT molecular complexity index is 1340. The van der Waals surface area contributed by atoms with E-state index in [0.717, 1.165) is 5.56 Å². The molecule has 1 aromatic carbocycles. The number of ether oxygens (including phenoxy) is 1. The van der Waals surface area contributed by atoms with Crippen molar-refractivity contribution in [3.63, 3.8) is 0 Å². The smallest absolute Gasteiger partial charge is 0.337 e. The van der Waals surface area contributed by atoms with Crippen LogP contribution in [0.15, 0.2) is 76.7 Å². The van der Waals surface area contributed by atoms with Gasteiger partial charge in [-0.25, -0.2) is 19.1 Å². The van der Waals surface area contributed by atoms with E-state index < -0.39 is 23.3 Å². The number of hydrogen-bond donors (Lipinski definition) is 0. The van der Waals surface area contributed by atoms with Crippen LogP contribution in [-0.4, -0.2) is 32.2 Å². The van der Waals surface area contributed by atoms with Crippen molar-refractivity contribution in [3.8, 4) is 5.69 Å². The summed E-state index contributed by atoms with van der Waals surface area (Å²) in [6, 6.07) is 12.7. The molecule has 0 radical (unpaired) electrons. The fourth-order valence-corrected chi connectivity index (χ4v) is 3.37. The summed E-state index contributed by atoms with van der Waals surface area (Å²) in [4.78, 5) is 46.7. The Balaban J connectivity index is 1.99. The van der Waals surface area contributed by atoms with Crippen molar-refractivity contribution >= 4 is 17.0 Å². The van der Waals surface area contributed by atoms with Gasteiger partial charge in [0.25, 0.3) is 5.56 Å². The largest absolute Gasteiger partial charge is 0.465 e. The number of nitrogens with zero attached hydrogens (tertiary/aromatic N) is 4. The second kappa shape index (κ2) is 7.75. The number of benzene rings is 1. The highest BCUT2D eigenvalue weighted by Crippen LogP contribution is 2.17. The molecular weight excluding hydrogens is 384 g/mol. The molecule has 30 heavy (non-hydrogen) atoms. The SMILES string of the molecule is COC(=O)c1ccc(-n2c(=O)n(C(C)c3cccnc3)c(=O)c3cccnc32)cc1. The number of pyridine rings is 2. The van der Waals surface area contributed by atoms with Crippen molar-refractivity contribution < 1.29 is 9.53 Å². The van der Waals surface area contributed by atoms with Crippen LogP contribution < -0.4 is 11.2 Å². The molecule has 0 fully saturated rings.